The number of anilines is 1. The summed E-state index contributed by atoms with van der Waals surface area (Å²) in [5.74, 6) is 1.34. The van der Waals surface area contributed by atoms with Gasteiger partial charge in [-0.1, -0.05) is 36.5 Å². The highest BCUT2D eigenvalue weighted by atomic mass is 32.1. The second kappa shape index (κ2) is 4.95. The van der Waals surface area contributed by atoms with Gasteiger partial charge in [0.05, 0.1) is 10.2 Å². The summed E-state index contributed by atoms with van der Waals surface area (Å²) < 4.78 is 1.15. The number of aryl methyl sites for hydroxylation is 1. The second-order valence-corrected chi connectivity index (χ2v) is 7.08. The number of nitrogens with zero attached hydrogens (tertiary/aromatic N) is 1. The van der Waals surface area contributed by atoms with Gasteiger partial charge < -0.3 is 5.32 Å². The van der Waals surface area contributed by atoms with Crippen LogP contribution in [0.1, 0.15) is 25.3 Å². The Balaban J connectivity index is 1.54. The van der Waals surface area contributed by atoms with Crippen molar-refractivity contribution in [2.45, 2.75) is 26.2 Å². The van der Waals surface area contributed by atoms with Gasteiger partial charge in [-0.15, -0.1) is 0 Å². The van der Waals surface area contributed by atoms with Crippen LogP contribution in [0, 0.1) is 17.8 Å². The molecule has 2 aliphatic rings. The lowest BCUT2D eigenvalue weighted by Crippen LogP contribution is -2.25. The molecule has 3 atom stereocenters. The zero-order valence-corrected chi connectivity index (χ0v) is 12.8. The van der Waals surface area contributed by atoms with Gasteiger partial charge in [0.25, 0.3) is 0 Å². The van der Waals surface area contributed by atoms with Gasteiger partial charge in [0.2, 0.25) is 5.91 Å². The van der Waals surface area contributed by atoms with Crippen molar-refractivity contribution < 1.29 is 4.79 Å². The molecule has 2 bridgehead atoms. The van der Waals surface area contributed by atoms with E-state index in [0.717, 1.165) is 34.6 Å². The molecular formula is C17H18N2OS. The van der Waals surface area contributed by atoms with Crippen LogP contribution in [0.3, 0.4) is 0 Å². The maximum Gasteiger partial charge on any atom is 0.229 e. The van der Waals surface area contributed by atoms with Gasteiger partial charge in [0.15, 0.2) is 5.13 Å². The first-order chi connectivity index (χ1) is 10.2. The topological polar surface area (TPSA) is 42.0 Å². The third kappa shape index (κ3) is 2.27. The molecule has 2 aliphatic carbocycles. The van der Waals surface area contributed by atoms with E-state index < -0.39 is 0 Å². The monoisotopic (exact) mass is 298 g/mol. The fourth-order valence-corrected chi connectivity index (χ4v) is 4.46. The number of amides is 1. The number of hydrogen-bond acceptors (Lipinski definition) is 3. The van der Waals surface area contributed by atoms with Gasteiger partial charge in [-0.05, 0) is 48.8 Å². The molecule has 1 amide bonds. The zero-order valence-electron chi connectivity index (χ0n) is 12.0. The summed E-state index contributed by atoms with van der Waals surface area (Å²) in [4.78, 5) is 17.0. The van der Waals surface area contributed by atoms with Gasteiger partial charge in [-0.3, -0.25) is 4.79 Å². The highest BCUT2D eigenvalue weighted by Gasteiger charge is 2.39. The minimum atomic E-state index is 0.137. The Hall–Kier alpha value is -1.68. The molecular weight excluding hydrogens is 280 g/mol. The molecule has 0 radical (unpaired) electrons. The number of benzene rings is 1. The molecule has 4 heteroatoms. The van der Waals surface area contributed by atoms with Crippen molar-refractivity contribution in [3.63, 3.8) is 0 Å². The predicted octanol–water partition coefficient (Wildman–Crippen LogP) is 4.01. The second-order valence-electron chi connectivity index (χ2n) is 6.05. The van der Waals surface area contributed by atoms with E-state index in [1.165, 1.54) is 5.56 Å². The highest BCUT2D eigenvalue weighted by molar-refractivity contribution is 7.22. The predicted molar refractivity (Wildman–Crippen MR) is 86.5 cm³/mol. The van der Waals surface area contributed by atoms with E-state index in [1.54, 1.807) is 11.3 Å². The summed E-state index contributed by atoms with van der Waals surface area (Å²) in [6.45, 7) is 2.15. The highest BCUT2D eigenvalue weighted by Crippen LogP contribution is 2.44. The lowest BCUT2D eigenvalue weighted by molar-refractivity contribution is -0.120. The largest absolute Gasteiger partial charge is 0.302 e. The van der Waals surface area contributed by atoms with E-state index in [1.807, 2.05) is 6.07 Å². The Morgan fingerprint density at radius 3 is 3.00 bits per heavy atom. The van der Waals surface area contributed by atoms with Crippen LogP contribution in [0.15, 0.2) is 30.4 Å². The third-order valence-corrected chi connectivity index (χ3v) is 5.64. The van der Waals surface area contributed by atoms with Gasteiger partial charge in [0.1, 0.15) is 0 Å². The molecule has 1 saturated carbocycles. The number of fused-ring (bicyclic) bond motifs is 3. The van der Waals surface area contributed by atoms with E-state index in [4.69, 9.17) is 0 Å². The maximum atomic E-state index is 12.4. The van der Waals surface area contributed by atoms with E-state index in [9.17, 15) is 4.79 Å². The summed E-state index contributed by atoms with van der Waals surface area (Å²) in [7, 11) is 0. The molecule has 2 aromatic rings. The maximum absolute atomic E-state index is 12.4. The van der Waals surface area contributed by atoms with E-state index in [0.29, 0.717) is 11.8 Å². The molecule has 21 heavy (non-hydrogen) atoms. The summed E-state index contributed by atoms with van der Waals surface area (Å²) in [5, 5.41) is 3.76. The van der Waals surface area contributed by atoms with Crippen LogP contribution in [0.25, 0.3) is 10.2 Å². The fraction of sp³-hybridized carbons (Fsp3) is 0.412. The lowest BCUT2D eigenvalue weighted by atomic mass is 9.93. The number of carbonyl (C=O) groups excluding carboxylic acids is 1. The molecule has 0 saturated heterocycles. The van der Waals surface area contributed by atoms with Crippen LogP contribution >= 0.6 is 11.3 Å². The number of rotatable bonds is 3. The van der Waals surface area contributed by atoms with Crippen molar-refractivity contribution in [3.8, 4) is 0 Å². The minimum Gasteiger partial charge on any atom is -0.302 e. The van der Waals surface area contributed by atoms with Crippen LogP contribution in [0.5, 0.6) is 0 Å². The molecule has 1 heterocycles. The molecule has 108 valence electrons. The van der Waals surface area contributed by atoms with Crippen molar-refractivity contribution in [2.75, 3.05) is 5.32 Å². The van der Waals surface area contributed by atoms with Gasteiger partial charge in [0, 0.05) is 5.92 Å². The zero-order chi connectivity index (χ0) is 14.4. The van der Waals surface area contributed by atoms with Crippen LogP contribution in [0.2, 0.25) is 0 Å². The van der Waals surface area contributed by atoms with Gasteiger partial charge in [-0.25, -0.2) is 4.98 Å². The summed E-state index contributed by atoms with van der Waals surface area (Å²) in [5.41, 5.74) is 2.28. The minimum absolute atomic E-state index is 0.137. The Morgan fingerprint density at radius 1 is 1.38 bits per heavy atom. The van der Waals surface area contributed by atoms with Crippen LogP contribution < -0.4 is 5.32 Å². The van der Waals surface area contributed by atoms with Gasteiger partial charge in [-0.2, -0.15) is 0 Å². The van der Waals surface area contributed by atoms with E-state index in [2.05, 4.69) is 41.5 Å². The number of nitrogens with one attached hydrogen (secondary N) is 1. The van der Waals surface area contributed by atoms with Crippen molar-refractivity contribution >= 4 is 32.6 Å². The Morgan fingerprint density at radius 2 is 2.29 bits per heavy atom. The molecule has 1 aromatic carbocycles. The summed E-state index contributed by atoms with van der Waals surface area (Å²) >= 11 is 1.57. The molecule has 4 rings (SSSR count). The van der Waals surface area contributed by atoms with Crippen molar-refractivity contribution in [1.82, 2.24) is 4.98 Å². The first-order valence-corrected chi connectivity index (χ1v) is 8.43. The molecule has 3 unspecified atom stereocenters. The van der Waals surface area contributed by atoms with E-state index >= 15 is 0 Å². The summed E-state index contributed by atoms with van der Waals surface area (Å²) in [6, 6.07) is 6.32. The van der Waals surface area contributed by atoms with Crippen molar-refractivity contribution in [3.05, 3.63) is 35.9 Å². The SMILES string of the molecule is CCc1ccc2nc(NC(=O)C3CC4C=CC3C4)sc2c1. The van der Waals surface area contributed by atoms with Crippen LogP contribution in [0.4, 0.5) is 5.13 Å². The van der Waals surface area contributed by atoms with Crippen molar-refractivity contribution in [2.24, 2.45) is 17.8 Å². The Kier molecular flexibility index (Phi) is 3.07. The normalized spacial score (nSPS) is 26.6. The molecule has 1 fully saturated rings. The Bertz CT molecular complexity index is 733. The smallest absolute Gasteiger partial charge is 0.229 e. The average molecular weight is 298 g/mol. The molecule has 0 aliphatic heterocycles. The molecule has 1 aromatic heterocycles. The number of thiazole rings is 1. The van der Waals surface area contributed by atoms with Crippen LogP contribution in [-0.4, -0.2) is 10.9 Å². The molecule has 0 spiro atoms. The Labute approximate surface area is 128 Å². The van der Waals surface area contributed by atoms with E-state index in [-0.39, 0.29) is 11.8 Å². The fourth-order valence-electron chi connectivity index (χ4n) is 3.52. The first-order valence-electron chi connectivity index (χ1n) is 7.61. The first kappa shape index (κ1) is 13.0. The number of hydrogen-bond donors (Lipinski definition) is 1. The average Bonchev–Trinajstić information content (AvgIpc) is 3.20. The quantitative estimate of drug-likeness (QED) is 0.870. The number of aromatic nitrogens is 1. The molecule has 3 nitrogen and oxygen atoms in total. The number of carbonyl (C=O) groups is 1. The summed E-state index contributed by atoms with van der Waals surface area (Å²) in [6.07, 6.45) is 7.64. The number of allylic oxidation sites excluding steroid dienone is 2. The van der Waals surface area contributed by atoms with Crippen molar-refractivity contribution in [1.29, 1.82) is 0 Å². The molecule has 1 N–H and O–H groups in total. The van der Waals surface area contributed by atoms with Gasteiger partial charge >= 0.3 is 0 Å². The third-order valence-electron chi connectivity index (χ3n) is 4.71. The lowest BCUT2D eigenvalue weighted by Gasteiger charge is -2.16. The van der Waals surface area contributed by atoms with Crippen LogP contribution in [-0.2, 0) is 11.2 Å². The standard InChI is InChI=1S/C17H18N2OS/c1-2-10-4-6-14-15(9-10)21-17(18-14)19-16(20)13-8-11-3-5-12(13)7-11/h3-6,9,11-13H,2,7-8H2,1H3,(H,18,19,20).